The molecule has 2 fully saturated rings. The van der Waals surface area contributed by atoms with Gasteiger partial charge in [0.2, 0.25) is 6.29 Å². The number of esters is 1. The van der Waals surface area contributed by atoms with E-state index in [1.807, 2.05) is 54.5 Å². The first-order valence-corrected chi connectivity index (χ1v) is 23.3. The predicted octanol–water partition coefficient (Wildman–Crippen LogP) is 5.47. The lowest BCUT2D eigenvalue weighted by molar-refractivity contribution is -0.339. The van der Waals surface area contributed by atoms with Gasteiger partial charge in [0.05, 0.1) is 55.9 Å². The Labute approximate surface area is 386 Å². The van der Waals surface area contributed by atoms with Crippen molar-refractivity contribution in [2.45, 2.75) is 194 Å². The number of carbonyl (C=O) groups excluding carboxylic acids is 2. The summed E-state index contributed by atoms with van der Waals surface area (Å²) >= 11 is 0. The molecule has 65 heavy (non-hydrogen) atoms. The van der Waals surface area contributed by atoms with Crippen LogP contribution in [-0.4, -0.2) is 129 Å². The van der Waals surface area contributed by atoms with Crippen LogP contribution in [0.2, 0.25) is 0 Å². The van der Waals surface area contributed by atoms with E-state index in [9.17, 15) is 40.2 Å². The third kappa shape index (κ3) is 15.4. The molecule has 16 nitrogen and oxygen atoms in total. The quantitative estimate of drug-likeness (QED) is 0.0894. The van der Waals surface area contributed by atoms with Gasteiger partial charge in [0, 0.05) is 48.9 Å². The molecule has 1 amide bonds. The molecule has 16 heteroatoms. The topological polar surface area (TPSA) is 246 Å². The molecule has 2 saturated heterocycles. The fraction of sp³-hybridized carbons (Fsp3) is 0.755. The number of methoxy groups -OCH3 is 1. The fourth-order valence-corrected chi connectivity index (χ4v) is 9.38. The molecule has 19 atom stereocenters. The van der Waals surface area contributed by atoms with Crippen LogP contribution in [0.25, 0.3) is 0 Å². The smallest absolute Gasteiger partial charge is 0.404 e. The molecule has 0 aromatic rings. The lowest BCUT2D eigenvalue weighted by atomic mass is 9.77. The van der Waals surface area contributed by atoms with Crippen molar-refractivity contribution in [1.82, 2.24) is 0 Å². The Morgan fingerprint density at radius 1 is 1.02 bits per heavy atom. The van der Waals surface area contributed by atoms with E-state index < -0.39 is 103 Å². The van der Waals surface area contributed by atoms with Crippen molar-refractivity contribution in [3.8, 4) is 0 Å². The van der Waals surface area contributed by atoms with Crippen molar-refractivity contribution < 1.29 is 73.4 Å². The highest BCUT2D eigenvalue weighted by Gasteiger charge is 2.53. The zero-order chi connectivity index (χ0) is 48.9. The van der Waals surface area contributed by atoms with Gasteiger partial charge < -0.3 is 69.5 Å². The second kappa shape index (κ2) is 25.8. The van der Waals surface area contributed by atoms with Crippen LogP contribution >= 0.6 is 0 Å². The summed E-state index contributed by atoms with van der Waals surface area (Å²) in [6.07, 6.45) is -0.00668. The summed E-state index contributed by atoms with van der Waals surface area (Å²) in [6, 6.07) is 0. The molecule has 0 aliphatic carbocycles. The number of aliphatic hydroxyl groups is 6. The number of primary amides is 1. The third-order valence-electron chi connectivity index (χ3n) is 13.3. The Morgan fingerprint density at radius 3 is 2.29 bits per heavy atom. The maximum Gasteiger partial charge on any atom is 0.404 e. The van der Waals surface area contributed by atoms with E-state index in [2.05, 4.69) is 0 Å². The van der Waals surface area contributed by atoms with Crippen molar-refractivity contribution >= 4 is 12.1 Å². The Hall–Kier alpha value is -3.16. The number of nitrogens with two attached hydrogens (primary N) is 1. The van der Waals surface area contributed by atoms with E-state index in [4.69, 9.17) is 38.9 Å². The standard InChI is InChI=1S/C49H81NO15/c1-13-17-36-30(8)39(62-41-24-37(61-40(52)18-14-2)46(33(11)60-41)64-48(50)57)25-49(58,65-36)32(10)44(55)31(9)45-35(51)20-16-19-26(4)21-28(6)42(53)34(15-3)43(54)29(7)22-27(5)23-38(59-12)47(56)63-45/h13,16-17,19-20,22-23,28-37,39,41-47,51,53-56,58H,14-15,18,21,24-25H2,1-12H3,(H2,50,57)/b17-13+,20-16+,26-19+,27-22+,38-23-/t28-,29-,30-,31+,32+,33+,34+,35+,36-,37+,39-,41-,42+,43-,44-,45-,46+,47?,49-/m1/s1. The van der Waals surface area contributed by atoms with Gasteiger partial charge in [-0.15, -0.1) is 0 Å². The van der Waals surface area contributed by atoms with Gasteiger partial charge >= 0.3 is 12.1 Å². The van der Waals surface area contributed by atoms with Gasteiger partial charge in [0.1, 0.15) is 6.10 Å². The summed E-state index contributed by atoms with van der Waals surface area (Å²) in [5, 5.41) is 70.6. The van der Waals surface area contributed by atoms with Crippen molar-refractivity contribution in [1.29, 1.82) is 0 Å². The van der Waals surface area contributed by atoms with Crippen molar-refractivity contribution in [3.63, 3.8) is 0 Å². The summed E-state index contributed by atoms with van der Waals surface area (Å²) < 4.78 is 41.8. The maximum atomic E-state index is 12.6. The molecule has 3 heterocycles. The molecule has 0 saturated carbocycles. The van der Waals surface area contributed by atoms with Gasteiger partial charge in [-0.1, -0.05) is 96.1 Å². The number of allylic oxidation sites excluding steroid dienone is 6. The number of ether oxygens (including phenoxy) is 7. The van der Waals surface area contributed by atoms with Gasteiger partial charge in [-0.25, -0.2) is 4.79 Å². The van der Waals surface area contributed by atoms with Crippen LogP contribution in [0.1, 0.15) is 115 Å². The Bertz CT molecular complexity index is 1660. The van der Waals surface area contributed by atoms with Gasteiger partial charge in [-0.2, -0.15) is 0 Å². The SMILES string of the molecule is C/C=C/[C@H]1O[C@@](O)([C@@H](C)[C@H](O)[C@H](C)[C@H]2OC(O)/C(OC)=C/C(C)=C/[C@@H](C)[C@@H](O)[C@@H](CC)[C@@H](O)[C@H](C)C/C(C)=C/C=C/[C@@H]2O)C[C@@H](O[C@@H]2C[C@H](OC(=O)CCC)[C@@H](OC(N)=O)[C@H](C)O2)[C@@H]1C. The molecule has 1 unspecified atom stereocenters. The molecular weight excluding hydrogens is 843 g/mol. The van der Waals surface area contributed by atoms with Crippen LogP contribution in [0.4, 0.5) is 4.79 Å². The number of aliphatic hydroxyl groups excluding tert-OH is 5. The second-order valence-electron chi connectivity index (χ2n) is 18.6. The minimum Gasteiger partial charge on any atom is -0.496 e. The predicted molar refractivity (Wildman–Crippen MR) is 243 cm³/mol. The third-order valence-corrected chi connectivity index (χ3v) is 13.3. The lowest BCUT2D eigenvalue weighted by Gasteiger charge is -2.50. The van der Waals surface area contributed by atoms with E-state index in [0.29, 0.717) is 24.8 Å². The number of hydrogen-bond donors (Lipinski definition) is 7. The Kier molecular flexibility index (Phi) is 22.3. The molecular formula is C49H81NO15. The molecule has 372 valence electrons. The van der Waals surface area contributed by atoms with Crippen molar-refractivity contribution in [3.05, 3.63) is 59.4 Å². The monoisotopic (exact) mass is 924 g/mol. The average Bonchev–Trinajstić information content (AvgIpc) is 3.23. The first-order chi connectivity index (χ1) is 30.5. The first kappa shape index (κ1) is 56.2. The molecule has 0 spiro atoms. The largest absolute Gasteiger partial charge is 0.496 e. The van der Waals surface area contributed by atoms with Crippen molar-refractivity contribution in [2.75, 3.05) is 7.11 Å². The zero-order valence-corrected chi connectivity index (χ0v) is 40.6. The lowest BCUT2D eigenvalue weighted by Crippen LogP contribution is -2.59. The summed E-state index contributed by atoms with van der Waals surface area (Å²) in [5.41, 5.74) is 6.90. The number of rotatable bonds is 13. The number of hydrogen-bond acceptors (Lipinski definition) is 15. The molecule has 3 rings (SSSR count). The normalized spacial score (nSPS) is 41.4. The summed E-state index contributed by atoms with van der Waals surface area (Å²) in [4.78, 5) is 24.4. The highest BCUT2D eigenvalue weighted by Crippen LogP contribution is 2.42. The molecule has 3 aliphatic heterocycles. The van der Waals surface area contributed by atoms with Gasteiger partial charge in [0.25, 0.3) is 0 Å². The van der Waals surface area contributed by atoms with Gasteiger partial charge in [0.15, 0.2) is 23.9 Å². The van der Waals surface area contributed by atoms with E-state index in [0.717, 1.165) is 5.57 Å². The van der Waals surface area contributed by atoms with Crippen LogP contribution in [-0.2, 0) is 38.0 Å². The fourth-order valence-electron chi connectivity index (χ4n) is 9.38. The highest BCUT2D eigenvalue weighted by atomic mass is 16.7. The van der Waals surface area contributed by atoms with E-state index in [1.165, 1.54) is 13.2 Å². The summed E-state index contributed by atoms with van der Waals surface area (Å²) in [5.74, 6) is -5.79. The Morgan fingerprint density at radius 2 is 1.69 bits per heavy atom. The minimum absolute atomic E-state index is 0.000285. The average molecular weight is 924 g/mol. The summed E-state index contributed by atoms with van der Waals surface area (Å²) in [7, 11) is 1.36. The molecule has 3 aliphatic rings. The van der Waals surface area contributed by atoms with Gasteiger partial charge in [-0.05, 0) is 59.0 Å². The van der Waals surface area contributed by atoms with E-state index in [-0.39, 0.29) is 48.7 Å². The van der Waals surface area contributed by atoms with Crippen LogP contribution in [0, 0.1) is 35.5 Å². The number of amides is 1. The Balaban J connectivity index is 1.98. The van der Waals surface area contributed by atoms with E-state index >= 15 is 0 Å². The summed E-state index contributed by atoms with van der Waals surface area (Å²) in [6.45, 7) is 19.9. The van der Waals surface area contributed by atoms with Crippen LogP contribution < -0.4 is 5.73 Å². The molecule has 0 aromatic heterocycles. The van der Waals surface area contributed by atoms with Crippen LogP contribution in [0.5, 0.6) is 0 Å². The molecule has 0 radical (unpaired) electrons. The molecule has 0 aromatic carbocycles. The second-order valence-corrected chi connectivity index (χ2v) is 18.6. The van der Waals surface area contributed by atoms with Crippen LogP contribution in [0.3, 0.4) is 0 Å². The molecule has 8 N–H and O–H groups in total. The number of carbonyl (C=O) groups is 2. The highest BCUT2D eigenvalue weighted by molar-refractivity contribution is 5.69. The van der Waals surface area contributed by atoms with E-state index in [1.54, 1.807) is 58.1 Å². The zero-order valence-electron chi connectivity index (χ0n) is 40.6. The van der Waals surface area contributed by atoms with Gasteiger partial charge in [-0.3, -0.25) is 4.79 Å². The molecule has 0 bridgehead atoms. The van der Waals surface area contributed by atoms with Crippen molar-refractivity contribution in [2.24, 2.45) is 41.2 Å². The maximum absolute atomic E-state index is 12.6. The first-order valence-electron chi connectivity index (χ1n) is 23.3. The van der Waals surface area contributed by atoms with Crippen LogP contribution in [0.15, 0.2) is 59.4 Å². The minimum atomic E-state index is -2.02.